The highest BCUT2D eigenvalue weighted by Gasteiger charge is 2.32. The summed E-state index contributed by atoms with van der Waals surface area (Å²) in [6, 6.07) is 2.30. The summed E-state index contributed by atoms with van der Waals surface area (Å²) in [5, 5.41) is 24.5. The van der Waals surface area contributed by atoms with Crippen LogP contribution in [0, 0.1) is 10.1 Å². The molecule has 0 fully saturated rings. The molecule has 0 aliphatic rings. The Hall–Kier alpha value is -2.83. The summed E-state index contributed by atoms with van der Waals surface area (Å²) in [7, 11) is 1.76. The predicted molar refractivity (Wildman–Crippen MR) is 95.9 cm³/mol. The second-order valence-corrected chi connectivity index (χ2v) is 6.57. The van der Waals surface area contributed by atoms with Crippen LogP contribution in [0.15, 0.2) is 29.7 Å². The summed E-state index contributed by atoms with van der Waals surface area (Å²) in [6.07, 6.45) is -2.71. The molecule has 0 atom stereocenters. The molecule has 28 heavy (non-hydrogen) atoms. The molecule has 2 rings (SSSR count). The number of hydrogen-bond acceptors (Lipinski definition) is 7. The highest BCUT2D eigenvalue weighted by atomic mass is 32.2. The van der Waals surface area contributed by atoms with E-state index in [0.717, 1.165) is 12.1 Å². The van der Waals surface area contributed by atoms with Gasteiger partial charge in [-0.05, 0) is 18.6 Å². The van der Waals surface area contributed by atoms with Crippen molar-refractivity contribution in [3.05, 3.63) is 40.2 Å². The normalized spacial score (nSPS) is 11.3. The van der Waals surface area contributed by atoms with Gasteiger partial charge in [0.25, 0.3) is 5.69 Å². The Bertz CT molecular complexity index is 843. The lowest BCUT2D eigenvalue weighted by atomic mass is 10.1. The van der Waals surface area contributed by atoms with E-state index in [2.05, 4.69) is 20.8 Å². The van der Waals surface area contributed by atoms with E-state index in [4.69, 9.17) is 0 Å². The van der Waals surface area contributed by atoms with Gasteiger partial charge in [0, 0.05) is 26.2 Å². The van der Waals surface area contributed by atoms with Crippen molar-refractivity contribution in [1.29, 1.82) is 0 Å². The molecule has 152 valence electrons. The van der Waals surface area contributed by atoms with Crippen molar-refractivity contribution in [3.8, 4) is 0 Å². The Morgan fingerprint density at radius 1 is 1.36 bits per heavy atom. The van der Waals surface area contributed by atoms with Gasteiger partial charge in [0.15, 0.2) is 5.16 Å². The van der Waals surface area contributed by atoms with Crippen molar-refractivity contribution < 1.29 is 22.9 Å². The lowest BCUT2D eigenvalue weighted by Crippen LogP contribution is -2.27. The third kappa shape index (κ3) is 6.11. The minimum atomic E-state index is -4.66. The number of rotatable bonds is 9. The zero-order valence-corrected chi connectivity index (χ0v) is 15.5. The zero-order chi connectivity index (χ0) is 20.7. The number of carbonyl (C=O) groups is 1. The van der Waals surface area contributed by atoms with Gasteiger partial charge in [-0.2, -0.15) is 13.2 Å². The van der Waals surface area contributed by atoms with Crippen molar-refractivity contribution in [2.75, 3.05) is 24.2 Å². The number of alkyl halides is 3. The topological polar surface area (TPSA) is 115 Å². The number of hydrogen-bond donors (Lipinski definition) is 2. The molecule has 0 saturated carbocycles. The summed E-state index contributed by atoms with van der Waals surface area (Å²) in [5.41, 5.74) is -1.75. The minimum Gasteiger partial charge on any atom is -0.379 e. The number of halogens is 3. The van der Waals surface area contributed by atoms with Crippen LogP contribution in [0.3, 0.4) is 0 Å². The number of nitro benzene ring substituents is 1. The third-order valence-electron chi connectivity index (χ3n) is 3.52. The summed E-state index contributed by atoms with van der Waals surface area (Å²) in [5.74, 6) is -0.0573. The van der Waals surface area contributed by atoms with E-state index in [1.807, 2.05) is 0 Å². The molecule has 2 aromatic rings. The third-order valence-corrected chi connectivity index (χ3v) is 4.55. The molecule has 1 aromatic heterocycles. The minimum absolute atomic E-state index is 0.0119. The molecule has 1 amide bonds. The van der Waals surface area contributed by atoms with Gasteiger partial charge in [-0.1, -0.05) is 11.8 Å². The van der Waals surface area contributed by atoms with E-state index in [0.29, 0.717) is 24.2 Å². The molecule has 0 bridgehead atoms. The van der Waals surface area contributed by atoms with Crippen LogP contribution in [0.4, 0.5) is 24.5 Å². The van der Waals surface area contributed by atoms with Gasteiger partial charge in [-0.25, -0.2) is 0 Å². The molecule has 0 spiro atoms. The quantitative estimate of drug-likeness (QED) is 0.278. The van der Waals surface area contributed by atoms with Crippen molar-refractivity contribution in [2.24, 2.45) is 7.05 Å². The van der Waals surface area contributed by atoms with Gasteiger partial charge in [-0.3, -0.25) is 14.9 Å². The van der Waals surface area contributed by atoms with Crippen LogP contribution in [0.25, 0.3) is 0 Å². The first kappa shape index (κ1) is 21.5. The second kappa shape index (κ2) is 9.39. The number of nitrogens with zero attached hydrogens (tertiary/aromatic N) is 4. The number of aryl methyl sites for hydroxylation is 1. The van der Waals surface area contributed by atoms with Crippen LogP contribution < -0.4 is 10.6 Å². The SMILES string of the molecule is Cn1cnnc1SCC(=O)NCCCNc1ccc(C(F)(F)F)cc1[N+](=O)[O-]. The Labute approximate surface area is 161 Å². The van der Waals surface area contributed by atoms with Crippen molar-refractivity contribution in [2.45, 2.75) is 17.8 Å². The van der Waals surface area contributed by atoms with Crippen LogP contribution >= 0.6 is 11.8 Å². The lowest BCUT2D eigenvalue weighted by molar-refractivity contribution is -0.384. The van der Waals surface area contributed by atoms with Gasteiger partial charge in [-0.15, -0.1) is 10.2 Å². The van der Waals surface area contributed by atoms with Gasteiger partial charge in [0.1, 0.15) is 12.0 Å². The molecule has 0 unspecified atom stereocenters. The van der Waals surface area contributed by atoms with Gasteiger partial charge >= 0.3 is 6.18 Å². The molecule has 1 heterocycles. The number of carbonyl (C=O) groups excluding carboxylic acids is 1. The number of nitrogens with one attached hydrogen (secondary N) is 2. The molecular weight excluding hydrogens is 401 g/mol. The highest BCUT2D eigenvalue weighted by Crippen LogP contribution is 2.34. The average Bonchev–Trinajstić information content (AvgIpc) is 3.03. The predicted octanol–water partition coefficient (Wildman–Crippen LogP) is 2.45. The standard InChI is InChI=1S/C15H17F3N6O3S/c1-23-9-21-22-14(23)28-8-13(25)20-6-2-5-19-11-4-3-10(15(16,17)18)7-12(11)24(26)27/h3-4,7,9,19H,2,5-6,8H2,1H3,(H,20,25). The maximum absolute atomic E-state index is 12.7. The maximum atomic E-state index is 12.7. The molecule has 1 aromatic carbocycles. The first-order valence-corrected chi connectivity index (χ1v) is 9.00. The number of thioether (sulfide) groups is 1. The van der Waals surface area contributed by atoms with Gasteiger partial charge in [0.2, 0.25) is 5.91 Å². The summed E-state index contributed by atoms with van der Waals surface area (Å²) in [4.78, 5) is 21.9. The molecule has 0 aliphatic carbocycles. The number of anilines is 1. The number of amides is 1. The molecule has 9 nitrogen and oxygen atoms in total. The fourth-order valence-corrected chi connectivity index (χ4v) is 2.85. The Morgan fingerprint density at radius 2 is 2.11 bits per heavy atom. The summed E-state index contributed by atoms with van der Waals surface area (Å²) >= 11 is 1.23. The van der Waals surface area contributed by atoms with Crippen LogP contribution in [-0.2, 0) is 18.0 Å². The number of benzene rings is 1. The Kier molecular flexibility index (Phi) is 7.20. The monoisotopic (exact) mass is 418 g/mol. The number of nitro groups is 1. The maximum Gasteiger partial charge on any atom is 0.416 e. The summed E-state index contributed by atoms with van der Waals surface area (Å²) < 4.78 is 39.7. The first-order chi connectivity index (χ1) is 13.2. The fraction of sp³-hybridized carbons (Fsp3) is 0.400. The van der Waals surface area contributed by atoms with Crippen LogP contribution in [0.2, 0.25) is 0 Å². The molecule has 0 saturated heterocycles. The van der Waals surface area contributed by atoms with Crippen molar-refractivity contribution >= 4 is 29.0 Å². The highest BCUT2D eigenvalue weighted by molar-refractivity contribution is 7.99. The molecule has 2 N–H and O–H groups in total. The van der Waals surface area contributed by atoms with Gasteiger partial charge < -0.3 is 15.2 Å². The van der Waals surface area contributed by atoms with Crippen LogP contribution in [-0.4, -0.2) is 44.4 Å². The smallest absolute Gasteiger partial charge is 0.379 e. The van der Waals surface area contributed by atoms with E-state index >= 15 is 0 Å². The average molecular weight is 418 g/mol. The van der Waals surface area contributed by atoms with E-state index in [-0.39, 0.29) is 23.9 Å². The Morgan fingerprint density at radius 3 is 2.71 bits per heavy atom. The first-order valence-electron chi connectivity index (χ1n) is 8.01. The second-order valence-electron chi connectivity index (χ2n) is 5.63. The van der Waals surface area contributed by atoms with E-state index in [1.54, 1.807) is 11.6 Å². The van der Waals surface area contributed by atoms with E-state index in [1.165, 1.54) is 18.1 Å². The lowest BCUT2D eigenvalue weighted by Gasteiger charge is -2.11. The van der Waals surface area contributed by atoms with Crippen LogP contribution in [0.5, 0.6) is 0 Å². The molecule has 0 aliphatic heterocycles. The van der Waals surface area contributed by atoms with Crippen LogP contribution in [0.1, 0.15) is 12.0 Å². The van der Waals surface area contributed by atoms with E-state index in [9.17, 15) is 28.1 Å². The van der Waals surface area contributed by atoms with Gasteiger partial charge in [0.05, 0.1) is 16.2 Å². The largest absolute Gasteiger partial charge is 0.416 e. The summed E-state index contributed by atoms with van der Waals surface area (Å²) in [6.45, 7) is 0.544. The molecule has 0 radical (unpaired) electrons. The van der Waals surface area contributed by atoms with E-state index < -0.39 is 22.4 Å². The van der Waals surface area contributed by atoms with Crippen molar-refractivity contribution in [3.63, 3.8) is 0 Å². The zero-order valence-electron chi connectivity index (χ0n) is 14.7. The Balaban J connectivity index is 1.76. The fourth-order valence-electron chi connectivity index (χ4n) is 2.13. The molecule has 13 heteroatoms. The number of aromatic nitrogens is 3. The van der Waals surface area contributed by atoms with Crippen molar-refractivity contribution in [1.82, 2.24) is 20.1 Å². The molecular formula is C15H17F3N6O3S.